The van der Waals surface area contributed by atoms with Gasteiger partial charge in [-0.2, -0.15) is 0 Å². The molecule has 0 radical (unpaired) electrons. The van der Waals surface area contributed by atoms with Gasteiger partial charge >= 0.3 is 0 Å². The second-order valence-electron chi connectivity index (χ2n) is 5.07. The maximum absolute atomic E-state index is 12.1. The van der Waals surface area contributed by atoms with Crippen LogP contribution in [0.5, 0.6) is 11.5 Å². The van der Waals surface area contributed by atoms with E-state index in [1.807, 2.05) is 13.0 Å². The molecule has 1 saturated heterocycles. The summed E-state index contributed by atoms with van der Waals surface area (Å²) >= 11 is 0. The van der Waals surface area contributed by atoms with Gasteiger partial charge in [0.1, 0.15) is 0 Å². The number of carbonyl (C=O) groups excluding carboxylic acids is 1. The summed E-state index contributed by atoms with van der Waals surface area (Å²) in [5.74, 6) is 1.31. The second-order valence-corrected chi connectivity index (χ2v) is 5.07. The molecule has 1 heterocycles. The third-order valence-electron chi connectivity index (χ3n) is 3.60. The van der Waals surface area contributed by atoms with E-state index >= 15 is 0 Å². The summed E-state index contributed by atoms with van der Waals surface area (Å²) in [5, 5.41) is 6.27. The molecular formula is C15H23ClN2O3. The first kappa shape index (κ1) is 17.6. The molecule has 2 N–H and O–H groups in total. The molecule has 0 saturated carbocycles. The predicted molar refractivity (Wildman–Crippen MR) is 85.8 cm³/mol. The monoisotopic (exact) mass is 314 g/mol. The summed E-state index contributed by atoms with van der Waals surface area (Å²) in [6.07, 6.45) is 2.72. The molecule has 1 amide bonds. The van der Waals surface area contributed by atoms with Crippen molar-refractivity contribution in [3.05, 3.63) is 17.7 Å². The molecule has 1 aromatic carbocycles. The van der Waals surface area contributed by atoms with E-state index < -0.39 is 0 Å². The number of amides is 1. The Morgan fingerprint density at radius 2 is 2.00 bits per heavy atom. The lowest BCUT2D eigenvalue weighted by Gasteiger charge is -2.15. The zero-order chi connectivity index (χ0) is 14.5. The first-order valence-electron chi connectivity index (χ1n) is 6.90. The van der Waals surface area contributed by atoms with Crippen LogP contribution in [-0.2, 0) is 4.79 Å². The van der Waals surface area contributed by atoms with Gasteiger partial charge in [0.15, 0.2) is 11.5 Å². The van der Waals surface area contributed by atoms with Crippen molar-refractivity contribution >= 4 is 24.0 Å². The number of methoxy groups -OCH3 is 2. The van der Waals surface area contributed by atoms with E-state index in [1.165, 1.54) is 0 Å². The summed E-state index contributed by atoms with van der Waals surface area (Å²) in [6.45, 7) is 2.94. The molecule has 0 spiro atoms. The molecule has 1 aromatic rings. The van der Waals surface area contributed by atoms with Crippen molar-refractivity contribution in [2.24, 2.45) is 0 Å². The van der Waals surface area contributed by atoms with Gasteiger partial charge in [-0.1, -0.05) is 0 Å². The number of carbonyl (C=O) groups is 1. The molecule has 5 nitrogen and oxygen atoms in total. The van der Waals surface area contributed by atoms with Crippen molar-refractivity contribution in [3.63, 3.8) is 0 Å². The summed E-state index contributed by atoms with van der Waals surface area (Å²) in [6, 6.07) is 3.96. The topological polar surface area (TPSA) is 59.6 Å². The van der Waals surface area contributed by atoms with Crippen molar-refractivity contribution in [2.45, 2.75) is 32.2 Å². The summed E-state index contributed by atoms with van der Waals surface area (Å²) in [5.41, 5.74) is 1.72. The molecule has 118 valence electrons. The minimum atomic E-state index is 0. The van der Waals surface area contributed by atoms with Crippen LogP contribution in [0.25, 0.3) is 0 Å². The smallest absolute Gasteiger partial charge is 0.225 e. The zero-order valence-electron chi connectivity index (χ0n) is 12.7. The lowest BCUT2D eigenvalue weighted by molar-refractivity contribution is -0.116. The number of ether oxygens (including phenoxy) is 2. The van der Waals surface area contributed by atoms with Crippen molar-refractivity contribution in [1.82, 2.24) is 5.32 Å². The molecule has 1 unspecified atom stereocenters. The SMILES string of the molecule is COc1cc(C)c(NC(=O)CC2CCCN2)cc1OC.Cl. The van der Waals surface area contributed by atoms with Gasteiger partial charge in [-0.05, 0) is 37.9 Å². The molecule has 0 aromatic heterocycles. The Labute approximate surface area is 131 Å². The van der Waals surface area contributed by atoms with Gasteiger partial charge in [-0.25, -0.2) is 0 Å². The zero-order valence-corrected chi connectivity index (χ0v) is 13.5. The number of anilines is 1. The second kappa shape index (κ2) is 8.10. The minimum absolute atomic E-state index is 0. The normalized spacial score (nSPS) is 17.0. The number of rotatable bonds is 5. The molecule has 1 aliphatic heterocycles. The van der Waals surface area contributed by atoms with Crippen molar-refractivity contribution in [2.75, 3.05) is 26.1 Å². The first-order valence-corrected chi connectivity index (χ1v) is 6.90. The van der Waals surface area contributed by atoms with Crippen LogP contribution in [0.3, 0.4) is 0 Å². The Hall–Kier alpha value is -1.46. The Morgan fingerprint density at radius 1 is 1.33 bits per heavy atom. The van der Waals surface area contributed by atoms with E-state index in [0.717, 1.165) is 30.6 Å². The lowest BCUT2D eigenvalue weighted by Crippen LogP contribution is -2.27. The Morgan fingerprint density at radius 3 is 2.57 bits per heavy atom. The average Bonchev–Trinajstić information content (AvgIpc) is 2.93. The van der Waals surface area contributed by atoms with Gasteiger partial charge in [-0.3, -0.25) is 4.79 Å². The molecular weight excluding hydrogens is 292 g/mol. The van der Waals surface area contributed by atoms with Crippen LogP contribution in [0, 0.1) is 6.92 Å². The molecule has 0 bridgehead atoms. The van der Waals surface area contributed by atoms with E-state index in [1.54, 1.807) is 20.3 Å². The summed E-state index contributed by atoms with van der Waals surface area (Å²) < 4.78 is 10.5. The number of halogens is 1. The Kier molecular flexibility index (Phi) is 6.78. The fraction of sp³-hybridized carbons (Fsp3) is 0.533. The maximum atomic E-state index is 12.1. The number of hydrogen-bond acceptors (Lipinski definition) is 4. The molecule has 1 aliphatic rings. The average molecular weight is 315 g/mol. The van der Waals surface area contributed by atoms with Gasteiger partial charge < -0.3 is 20.1 Å². The lowest BCUT2D eigenvalue weighted by atomic mass is 10.1. The van der Waals surface area contributed by atoms with Gasteiger partial charge in [0.25, 0.3) is 0 Å². The first-order chi connectivity index (χ1) is 9.63. The standard InChI is InChI=1S/C15H22N2O3.ClH/c1-10-7-13(19-2)14(20-3)9-12(10)17-15(18)8-11-5-4-6-16-11;/h7,9,11,16H,4-6,8H2,1-3H3,(H,17,18);1H. The number of hydrogen-bond donors (Lipinski definition) is 2. The van der Waals surface area contributed by atoms with E-state index in [0.29, 0.717) is 24.0 Å². The van der Waals surface area contributed by atoms with E-state index in [2.05, 4.69) is 10.6 Å². The molecule has 6 heteroatoms. The van der Waals surface area contributed by atoms with Crippen LogP contribution in [-0.4, -0.2) is 32.7 Å². The van der Waals surface area contributed by atoms with E-state index in [-0.39, 0.29) is 18.3 Å². The van der Waals surface area contributed by atoms with E-state index in [4.69, 9.17) is 9.47 Å². The van der Waals surface area contributed by atoms with Gasteiger partial charge in [0.2, 0.25) is 5.91 Å². The molecule has 1 atom stereocenters. The summed E-state index contributed by atoms with van der Waals surface area (Å²) in [7, 11) is 3.18. The molecule has 21 heavy (non-hydrogen) atoms. The van der Waals surface area contributed by atoms with Crippen molar-refractivity contribution in [3.8, 4) is 11.5 Å². The van der Waals surface area contributed by atoms with E-state index in [9.17, 15) is 4.79 Å². The quantitative estimate of drug-likeness (QED) is 0.877. The number of aryl methyl sites for hydroxylation is 1. The van der Waals surface area contributed by atoms with Crippen LogP contribution in [0.2, 0.25) is 0 Å². The largest absolute Gasteiger partial charge is 0.493 e. The van der Waals surface area contributed by atoms with Gasteiger partial charge in [-0.15, -0.1) is 12.4 Å². The highest BCUT2D eigenvalue weighted by molar-refractivity contribution is 5.92. The van der Waals surface area contributed by atoms with Crippen molar-refractivity contribution < 1.29 is 14.3 Å². The third-order valence-corrected chi connectivity index (χ3v) is 3.60. The van der Waals surface area contributed by atoms with Crippen molar-refractivity contribution in [1.29, 1.82) is 0 Å². The van der Waals surface area contributed by atoms with Crippen LogP contribution >= 0.6 is 12.4 Å². The Balaban J connectivity index is 0.00000220. The fourth-order valence-corrected chi connectivity index (χ4v) is 2.47. The highest BCUT2D eigenvalue weighted by atomic mass is 35.5. The van der Waals surface area contributed by atoms with Crippen LogP contribution in [0.4, 0.5) is 5.69 Å². The fourth-order valence-electron chi connectivity index (χ4n) is 2.47. The number of benzene rings is 1. The Bertz CT molecular complexity index is 488. The summed E-state index contributed by atoms with van der Waals surface area (Å²) in [4.78, 5) is 12.1. The van der Waals surface area contributed by atoms with Crippen LogP contribution < -0.4 is 20.1 Å². The maximum Gasteiger partial charge on any atom is 0.225 e. The van der Waals surface area contributed by atoms with Gasteiger partial charge in [0, 0.05) is 24.2 Å². The molecule has 0 aliphatic carbocycles. The molecule has 1 fully saturated rings. The minimum Gasteiger partial charge on any atom is -0.493 e. The molecule has 2 rings (SSSR count). The third kappa shape index (κ3) is 4.51. The number of nitrogens with one attached hydrogen (secondary N) is 2. The van der Waals surface area contributed by atoms with Crippen LogP contribution in [0.1, 0.15) is 24.8 Å². The van der Waals surface area contributed by atoms with Crippen LogP contribution in [0.15, 0.2) is 12.1 Å². The van der Waals surface area contributed by atoms with Gasteiger partial charge in [0.05, 0.1) is 14.2 Å². The highest BCUT2D eigenvalue weighted by Crippen LogP contribution is 2.33. The highest BCUT2D eigenvalue weighted by Gasteiger charge is 2.18. The predicted octanol–water partition coefficient (Wildman–Crippen LogP) is 2.51.